The Bertz CT molecular complexity index is 1010. The van der Waals surface area contributed by atoms with Gasteiger partial charge in [0.05, 0.1) is 0 Å². The van der Waals surface area contributed by atoms with Gasteiger partial charge in [0.1, 0.15) is 0 Å². The molecule has 2 aliphatic rings. The van der Waals surface area contributed by atoms with Crippen LogP contribution in [0.5, 0.6) is 0 Å². The second-order valence-electron chi connectivity index (χ2n) is 9.89. The number of ether oxygens (including phenoxy) is 1. The van der Waals surface area contributed by atoms with Gasteiger partial charge in [-0.15, -0.1) is 5.10 Å². The van der Waals surface area contributed by atoms with Crippen molar-refractivity contribution in [2.24, 2.45) is 10.8 Å². The Labute approximate surface area is 182 Å². The molecule has 2 unspecified atom stereocenters. The Morgan fingerprint density at radius 1 is 1.19 bits per heavy atom. The number of carbonyl (C=O) groups excluding carboxylic acids is 2. The van der Waals surface area contributed by atoms with Gasteiger partial charge in [0.2, 0.25) is 0 Å². The minimum absolute atomic E-state index is 0.133. The number of likely N-dealkylation sites (tertiary alicyclic amines) is 1. The van der Waals surface area contributed by atoms with Crippen molar-refractivity contribution in [1.82, 2.24) is 25.1 Å². The molecule has 1 aromatic heterocycles. The molecule has 2 heterocycles. The van der Waals surface area contributed by atoms with Gasteiger partial charge in [-0.3, -0.25) is 4.79 Å². The molecular formula is C23H29N5O3. The smallest absolute Gasteiger partial charge is 0.357 e. The average molecular weight is 424 g/mol. The van der Waals surface area contributed by atoms with Crippen LogP contribution in [-0.4, -0.2) is 56.2 Å². The van der Waals surface area contributed by atoms with Crippen LogP contribution in [0, 0.1) is 17.8 Å². The van der Waals surface area contributed by atoms with E-state index in [0.717, 1.165) is 31.4 Å². The summed E-state index contributed by atoms with van der Waals surface area (Å²) in [5.74, 6) is -0.331. The summed E-state index contributed by atoms with van der Waals surface area (Å²) in [6.45, 7) is 8.90. The fourth-order valence-electron chi connectivity index (χ4n) is 5.40. The van der Waals surface area contributed by atoms with Gasteiger partial charge in [-0.2, -0.15) is 4.68 Å². The van der Waals surface area contributed by atoms with E-state index in [4.69, 9.17) is 4.74 Å². The van der Waals surface area contributed by atoms with Crippen molar-refractivity contribution in [3.63, 3.8) is 0 Å². The number of benzene rings is 1. The Kier molecular flexibility index (Phi) is 5.41. The summed E-state index contributed by atoms with van der Waals surface area (Å²) in [6, 6.07) is 9.58. The SMILES string of the molecule is Cc1nnnn1C(=Cc1ccccc1)C(=O)OCC(=O)N1CC2(C)CC1CC(C)(C)C2. The first-order valence-corrected chi connectivity index (χ1v) is 10.6. The van der Waals surface area contributed by atoms with Crippen molar-refractivity contribution in [3.8, 4) is 0 Å². The lowest BCUT2D eigenvalue weighted by Crippen LogP contribution is -2.40. The van der Waals surface area contributed by atoms with E-state index in [-0.39, 0.29) is 35.1 Å². The van der Waals surface area contributed by atoms with Crippen LogP contribution in [-0.2, 0) is 14.3 Å². The number of aryl methyl sites for hydroxylation is 1. The number of aromatic nitrogens is 4. The van der Waals surface area contributed by atoms with E-state index in [1.54, 1.807) is 13.0 Å². The van der Waals surface area contributed by atoms with Gasteiger partial charge in [0.15, 0.2) is 18.1 Å². The molecule has 0 radical (unpaired) electrons. The minimum Gasteiger partial charge on any atom is -0.451 e. The highest BCUT2D eigenvalue weighted by Crippen LogP contribution is 2.52. The molecule has 8 nitrogen and oxygen atoms in total. The van der Waals surface area contributed by atoms with Crippen LogP contribution in [0.4, 0.5) is 0 Å². The molecule has 1 amide bonds. The predicted octanol–water partition coefficient (Wildman–Crippen LogP) is 2.95. The van der Waals surface area contributed by atoms with Gasteiger partial charge in [-0.05, 0) is 59.1 Å². The number of tetrazole rings is 1. The molecule has 31 heavy (non-hydrogen) atoms. The van der Waals surface area contributed by atoms with Crippen LogP contribution < -0.4 is 0 Å². The molecule has 1 saturated carbocycles. The number of hydrogen-bond donors (Lipinski definition) is 0. The Morgan fingerprint density at radius 2 is 1.94 bits per heavy atom. The van der Waals surface area contributed by atoms with Crippen LogP contribution in [0.2, 0.25) is 0 Å². The van der Waals surface area contributed by atoms with Crippen molar-refractivity contribution < 1.29 is 14.3 Å². The lowest BCUT2D eigenvalue weighted by Gasteiger charge is -2.39. The van der Waals surface area contributed by atoms with Crippen molar-refractivity contribution in [3.05, 3.63) is 41.7 Å². The van der Waals surface area contributed by atoms with Crippen LogP contribution in [0.3, 0.4) is 0 Å². The number of amides is 1. The first kappa shape index (κ1) is 21.2. The van der Waals surface area contributed by atoms with Crippen molar-refractivity contribution in [2.45, 2.75) is 53.0 Å². The van der Waals surface area contributed by atoms with E-state index in [0.29, 0.717) is 5.82 Å². The van der Waals surface area contributed by atoms with Crippen molar-refractivity contribution >= 4 is 23.6 Å². The van der Waals surface area contributed by atoms with E-state index in [1.165, 1.54) is 4.68 Å². The van der Waals surface area contributed by atoms with Crippen LogP contribution in [0.15, 0.2) is 30.3 Å². The average Bonchev–Trinajstić information content (AvgIpc) is 3.23. The predicted molar refractivity (Wildman–Crippen MR) is 115 cm³/mol. The third-order valence-electron chi connectivity index (χ3n) is 6.23. The van der Waals surface area contributed by atoms with E-state index in [1.807, 2.05) is 35.2 Å². The first-order valence-electron chi connectivity index (χ1n) is 10.6. The fraction of sp³-hybridized carbons (Fsp3) is 0.522. The van der Waals surface area contributed by atoms with Gasteiger partial charge >= 0.3 is 5.97 Å². The largest absolute Gasteiger partial charge is 0.451 e. The molecule has 8 heteroatoms. The molecule has 2 bridgehead atoms. The van der Waals surface area contributed by atoms with E-state index >= 15 is 0 Å². The van der Waals surface area contributed by atoms with Gasteiger partial charge in [-0.1, -0.05) is 51.1 Å². The number of esters is 1. The molecular weight excluding hydrogens is 394 g/mol. The third kappa shape index (κ3) is 4.52. The summed E-state index contributed by atoms with van der Waals surface area (Å²) in [5, 5.41) is 11.4. The summed E-state index contributed by atoms with van der Waals surface area (Å²) in [7, 11) is 0. The molecule has 1 saturated heterocycles. The summed E-state index contributed by atoms with van der Waals surface area (Å²) in [4.78, 5) is 27.8. The third-order valence-corrected chi connectivity index (χ3v) is 6.23. The molecule has 4 rings (SSSR count). The zero-order valence-electron chi connectivity index (χ0n) is 18.5. The van der Waals surface area contributed by atoms with E-state index in [9.17, 15) is 9.59 Å². The Hall–Kier alpha value is -3.03. The molecule has 1 aliphatic carbocycles. The lowest BCUT2D eigenvalue weighted by molar-refractivity contribution is -0.148. The first-order chi connectivity index (χ1) is 14.7. The number of hydrogen-bond acceptors (Lipinski definition) is 6. The Morgan fingerprint density at radius 3 is 2.61 bits per heavy atom. The highest BCUT2D eigenvalue weighted by atomic mass is 16.5. The minimum atomic E-state index is -0.638. The van der Waals surface area contributed by atoms with Crippen LogP contribution in [0.1, 0.15) is 51.4 Å². The monoisotopic (exact) mass is 423 g/mol. The van der Waals surface area contributed by atoms with Crippen molar-refractivity contribution in [1.29, 1.82) is 0 Å². The van der Waals surface area contributed by atoms with Gasteiger partial charge in [0, 0.05) is 12.6 Å². The summed E-state index contributed by atoms with van der Waals surface area (Å²) in [6.07, 6.45) is 4.75. The quantitative estimate of drug-likeness (QED) is 0.543. The summed E-state index contributed by atoms with van der Waals surface area (Å²) in [5.41, 5.74) is 1.31. The second kappa shape index (κ2) is 7.90. The van der Waals surface area contributed by atoms with Crippen molar-refractivity contribution in [2.75, 3.05) is 13.2 Å². The molecule has 1 aliphatic heterocycles. The van der Waals surface area contributed by atoms with Crippen LogP contribution in [0.25, 0.3) is 11.8 Å². The highest BCUT2D eigenvalue weighted by Gasteiger charge is 2.50. The zero-order chi connectivity index (χ0) is 22.2. The number of carbonyl (C=O) groups is 2. The summed E-state index contributed by atoms with van der Waals surface area (Å²) < 4.78 is 6.77. The maximum Gasteiger partial charge on any atom is 0.357 e. The van der Waals surface area contributed by atoms with Gasteiger partial charge < -0.3 is 9.64 Å². The molecule has 0 N–H and O–H groups in total. The Balaban J connectivity index is 1.48. The molecule has 2 atom stereocenters. The van der Waals surface area contributed by atoms with Gasteiger partial charge in [0.25, 0.3) is 5.91 Å². The van der Waals surface area contributed by atoms with Crippen LogP contribution >= 0.6 is 0 Å². The van der Waals surface area contributed by atoms with Gasteiger partial charge in [-0.25, -0.2) is 4.79 Å². The number of rotatable bonds is 5. The number of fused-ring (bicyclic) bond motifs is 2. The standard InChI is InChI=1S/C23H29N5O3/c1-16-24-25-26-28(16)19(10-17-8-6-5-7-9-17)21(30)31-13-20(29)27-15-23(4)12-18(27)11-22(2,3)14-23/h5-10,18H,11-15H2,1-4H3. The molecule has 2 fully saturated rings. The molecule has 0 spiro atoms. The fourth-order valence-corrected chi connectivity index (χ4v) is 5.40. The molecule has 2 aromatic rings. The topological polar surface area (TPSA) is 90.2 Å². The lowest BCUT2D eigenvalue weighted by atomic mass is 9.65. The zero-order valence-corrected chi connectivity index (χ0v) is 18.5. The van der Waals surface area contributed by atoms with E-state index in [2.05, 4.69) is 36.3 Å². The maximum atomic E-state index is 13.0. The summed E-state index contributed by atoms with van der Waals surface area (Å²) >= 11 is 0. The maximum absolute atomic E-state index is 13.0. The number of nitrogens with zero attached hydrogens (tertiary/aromatic N) is 5. The van der Waals surface area contributed by atoms with E-state index < -0.39 is 5.97 Å². The molecule has 1 aromatic carbocycles. The normalized spacial score (nSPS) is 24.8. The highest BCUT2D eigenvalue weighted by molar-refractivity contribution is 6.15. The second-order valence-corrected chi connectivity index (χ2v) is 9.89. The molecule has 164 valence electrons.